The molecule has 0 heterocycles. The van der Waals surface area contributed by atoms with E-state index in [2.05, 4.69) is 0 Å². The summed E-state index contributed by atoms with van der Waals surface area (Å²) in [5.41, 5.74) is -1.19. The zero-order chi connectivity index (χ0) is 18.2. The number of ether oxygens (including phenoxy) is 2. The lowest BCUT2D eigenvalue weighted by Gasteiger charge is -2.32. The second-order valence-electron chi connectivity index (χ2n) is 8.26. The molecular weight excluding hydrogens is 292 g/mol. The van der Waals surface area contributed by atoms with Crippen LogP contribution in [0, 0.1) is 29.1 Å². The summed E-state index contributed by atoms with van der Waals surface area (Å²) in [6, 6.07) is 0. The Morgan fingerprint density at radius 1 is 0.652 bits per heavy atom. The highest BCUT2D eigenvalue weighted by atomic mass is 16.6. The van der Waals surface area contributed by atoms with E-state index in [1.165, 1.54) is 0 Å². The van der Waals surface area contributed by atoms with E-state index in [1.807, 2.05) is 55.4 Å². The Kier molecular flexibility index (Phi) is 9.48. The zero-order valence-corrected chi connectivity index (χ0v) is 16.3. The van der Waals surface area contributed by atoms with Gasteiger partial charge in [-0.3, -0.25) is 9.59 Å². The molecule has 0 atom stereocenters. The van der Waals surface area contributed by atoms with Gasteiger partial charge in [0, 0.05) is 0 Å². The van der Waals surface area contributed by atoms with Gasteiger partial charge in [0.2, 0.25) is 0 Å². The highest BCUT2D eigenvalue weighted by Crippen LogP contribution is 2.37. The maximum absolute atomic E-state index is 12.8. The van der Waals surface area contributed by atoms with Crippen molar-refractivity contribution in [3.63, 3.8) is 0 Å². The number of rotatable bonds is 10. The van der Waals surface area contributed by atoms with Crippen LogP contribution in [-0.2, 0) is 19.1 Å². The predicted molar refractivity (Wildman–Crippen MR) is 92.9 cm³/mol. The Morgan fingerprint density at radius 2 is 0.957 bits per heavy atom. The fourth-order valence-electron chi connectivity index (χ4n) is 2.65. The minimum absolute atomic E-state index is 0.201. The van der Waals surface area contributed by atoms with E-state index in [0.717, 1.165) is 0 Å². The van der Waals surface area contributed by atoms with Gasteiger partial charge in [-0.15, -0.1) is 0 Å². The average molecular weight is 328 g/mol. The molecule has 0 aliphatic heterocycles. The first kappa shape index (κ1) is 21.9. The largest absolute Gasteiger partial charge is 0.465 e. The first-order valence-corrected chi connectivity index (χ1v) is 8.85. The molecule has 0 bridgehead atoms. The number of carbonyl (C=O) groups excluding carboxylic acids is 2. The molecule has 0 spiro atoms. The summed E-state index contributed by atoms with van der Waals surface area (Å²) in [5.74, 6) is 0.0199. The lowest BCUT2D eigenvalue weighted by molar-refractivity contribution is -0.177. The molecule has 4 nitrogen and oxygen atoms in total. The van der Waals surface area contributed by atoms with E-state index < -0.39 is 17.4 Å². The Labute approximate surface area is 142 Å². The predicted octanol–water partition coefficient (Wildman–Crippen LogP) is 4.46. The molecule has 0 aromatic heterocycles. The van der Waals surface area contributed by atoms with Crippen molar-refractivity contribution in [2.45, 2.75) is 68.2 Å². The molecule has 0 radical (unpaired) electrons. The van der Waals surface area contributed by atoms with Crippen molar-refractivity contribution in [1.82, 2.24) is 0 Å². The van der Waals surface area contributed by atoms with Gasteiger partial charge in [-0.2, -0.15) is 0 Å². The third-order valence-electron chi connectivity index (χ3n) is 3.39. The molecule has 136 valence electrons. The standard InChI is InChI=1S/C19H36O4/c1-13(2)9-19(10-14(3)4,17(20)22-11-15(5)6)18(21)23-12-16(7)8/h13-16H,9-12H2,1-8H3. The molecule has 0 N–H and O–H groups in total. The van der Waals surface area contributed by atoms with Gasteiger partial charge in [0.25, 0.3) is 0 Å². The van der Waals surface area contributed by atoms with Crippen LogP contribution in [0.25, 0.3) is 0 Å². The van der Waals surface area contributed by atoms with Crippen molar-refractivity contribution in [1.29, 1.82) is 0 Å². The lowest BCUT2D eigenvalue weighted by Crippen LogP contribution is -2.45. The number of hydrogen-bond acceptors (Lipinski definition) is 4. The van der Waals surface area contributed by atoms with Gasteiger partial charge in [-0.1, -0.05) is 55.4 Å². The third kappa shape index (κ3) is 7.85. The van der Waals surface area contributed by atoms with Crippen LogP contribution in [-0.4, -0.2) is 25.2 Å². The normalized spacial score (nSPS) is 12.3. The molecule has 0 aromatic carbocycles. The Balaban J connectivity index is 5.47. The average Bonchev–Trinajstić information content (AvgIpc) is 2.39. The van der Waals surface area contributed by atoms with E-state index in [9.17, 15) is 9.59 Å². The first-order chi connectivity index (χ1) is 10.5. The van der Waals surface area contributed by atoms with Gasteiger partial charge >= 0.3 is 11.9 Å². The maximum atomic E-state index is 12.8. The van der Waals surface area contributed by atoms with E-state index in [1.54, 1.807) is 0 Å². The molecule has 0 saturated carbocycles. The van der Waals surface area contributed by atoms with Crippen LogP contribution in [0.4, 0.5) is 0 Å². The summed E-state index contributed by atoms with van der Waals surface area (Å²) in [5, 5.41) is 0. The summed E-state index contributed by atoms with van der Waals surface area (Å²) in [6.07, 6.45) is 0.915. The number of carbonyl (C=O) groups is 2. The van der Waals surface area contributed by atoms with Crippen LogP contribution >= 0.6 is 0 Å². The summed E-state index contributed by atoms with van der Waals surface area (Å²) in [4.78, 5) is 25.6. The Bertz CT molecular complexity index is 334. The van der Waals surface area contributed by atoms with Crippen molar-refractivity contribution < 1.29 is 19.1 Å². The molecule has 0 aromatic rings. The second-order valence-corrected chi connectivity index (χ2v) is 8.26. The van der Waals surface area contributed by atoms with Crippen LogP contribution in [0.2, 0.25) is 0 Å². The van der Waals surface area contributed by atoms with Crippen molar-refractivity contribution in [3.8, 4) is 0 Å². The van der Waals surface area contributed by atoms with Crippen LogP contribution in [0.15, 0.2) is 0 Å². The molecule has 0 unspecified atom stereocenters. The molecule has 0 aliphatic carbocycles. The number of hydrogen-bond donors (Lipinski definition) is 0. The third-order valence-corrected chi connectivity index (χ3v) is 3.39. The van der Waals surface area contributed by atoms with Gasteiger partial charge in [0.05, 0.1) is 13.2 Å². The fraction of sp³-hybridized carbons (Fsp3) is 0.895. The van der Waals surface area contributed by atoms with Crippen molar-refractivity contribution in [2.24, 2.45) is 29.1 Å². The van der Waals surface area contributed by atoms with Gasteiger partial charge in [-0.25, -0.2) is 0 Å². The molecule has 0 amide bonds. The van der Waals surface area contributed by atoms with Crippen molar-refractivity contribution in [2.75, 3.05) is 13.2 Å². The van der Waals surface area contributed by atoms with E-state index in [4.69, 9.17) is 9.47 Å². The summed E-state index contributed by atoms with van der Waals surface area (Å²) < 4.78 is 10.9. The maximum Gasteiger partial charge on any atom is 0.323 e. The summed E-state index contributed by atoms with van der Waals surface area (Å²) >= 11 is 0. The quantitative estimate of drug-likeness (QED) is 0.439. The second kappa shape index (κ2) is 9.94. The molecular formula is C19H36O4. The topological polar surface area (TPSA) is 52.6 Å². The molecule has 0 saturated heterocycles. The molecule has 0 fully saturated rings. The summed E-state index contributed by atoms with van der Waals surface area (Å²) in [7, 11) is 0. The number of esters is 2. The van der Waals surface area contributed by atoms with Gasteiger partial charge < -0.3 is 9.47 Å². The molecule has 4 heteroatoms. The fourth-order valence-corrected chi connectivity index (χ4v) is 2.65. The minimum Gasteiger partial charge on any atom is -0.465 e. The zero-order valence-electron chi connectivity index (χ0n) is 16.3. The van der Waals surface area contributed by atoms with Crippen LogP contribution in [0.3, 0.4) is 0 Å². The van der Waals surface area contributed by atoms with Crippen LogP contribution in [0.1, 0.15) is 68.2 Å². The highest BCUT2D eigenvalue weighted by Gasteiger charge is 2.49. The molecule has 0 rings (SSSR count). The van der Waals surface area contributed by atoms with Crippen molar-refractivity contribution >= 4 is 11.9 Å². The lowest BCUT2D eigenvalue weighted by atomic mass is 9.74. The van der Waals surface area contributed by atoms with E-state index in [-0.39, 0.29) is 23.7 Å². The monoisotopic (exact) mass is 328 g/mol. The van der Waals surface area contributed by atoms with Crippen LogP contribution < -0.4 is 0 Å². The minimum atomic E-state index is -1.19. The van der Waals surface area contributed by atoms with Gasteiger partial charge in [-0.05, 0) is 36.5 Å². The Morgan fingerprint density at radius 3 is 1.17 bits per heavy atom. The first-order valence-electron chi connectivity index (χ1n) is 8.85. The SMILES string of the molecule is CC(C)COC(=O)C(CC(C)C)(CC(C)C)C(=O)OCC(C)C. The van der Waals surface area contributed by atoms with Gasteiger partial charge in [0.1, 0.15) is 0 Å². The smallest absolute Gasteiger partial charge is 0.323 e. The van der Waals surface area contributed by atoms with Crippen LogP contribution in [0.5, 0.6) is 0 Å². The van der Waals surface area contributed by atoms with Gasteiger partial charge in [0.15, 0.2) is 5.41 Å². The van der Waals surface area contributed by atoms with Crippen molar-refractivity contribution in [3.05, 3.63) is 0 Å². The summed E-state index contributed by atoms with van der Waals surface area (Å²) in [6.45, 7) is 16.6. The molecule has 23 heavy (non-hydrogen) atoms. The Hall–Kier alpha value is -1.06. The highest BCUT2D eigenvalue weighted by molar-refractivity contribution is 6.00. The van der Waals surface area contributed by atoms with E-state index in [0.29, 0.717) is 26.1 Å². The van der Waals surface area contributed by atoms with E-state index >= 15 is 0 Å². The molecule has 0 aliphatic rings.